The molecule has 0 bridgehead atoms. The highest BCUT2D eigenvalue weighted by molar-refractivity contribution is 6.32. The number of rotatable bonds is 7. The molecule has 0 N–H and O–H groups in total. The molecular weight excluding hydrogens is 318 g/mol. The minimum Gasteiger partial charge on any atom is -0.497 e. The molecule has 0 spiro atoms. The minimum atomic E-state index is 0.286. The van der Waals surface area contributed by atoms with E-state index in [1.807, 2.05) is 30.3 Å². The molecule has 0 radical (unpaired) electrons. The van der Waals surface area contributed by atoms with Gasteiger partial charge < -0.3 is 18.9 Å². The maximum atomic E-state index is 8.92. The van der Waals surface area contributed by atoms with Gasteiger partial charge in [-0.25, -0.2) is 0 Å². The maximum Gasteiger partial charge on any atom is 0.179 e. The molecule has 2 aromatic carbocycles. The van der Waals surface area contributed by atoms with E-state index in [2.05, 4.69) is 0 Å². The molecule has 0 aromatic heterocycles. The standard InChI is InChI=1S/C17H16ClNO4/c1-20-13-3-5-14(6-4-13)22-7-8-23-17-15(18)9-12(11-19)10-16(17)21-2/h3-6,9-10H,7-8H2,1-2H3. The minimum absolute atomic E-state index is 0.286. The fourth-order valence-corrected chi connectivity index (χ4v) is 2.16. The summed E-state index contributed by atoms with van der Waals surface area (Å²) < 4.78 is 21.5. The average molecular weight is 334 g/mol. The van der Waals surface area contributed by atoms with E-state index in [1.54, 1.807) is 13.2 Å². The Balaban J connectivity index is 1.92. The van der Waals surface area contributed by atoms with E-state index in [0.29, 0.717) is 34.4 Å². The third-order valence-electron chi connectivity index (χ3n) is 3.02. The van der Waals surface area contributed by atoms with Crippen LogP contribution in [0.4, 0.5) is 0 Å². The molecule has 0 aliphatic heterocycles. The van der Waals surface area contributed by atoms with Crippen LogP contribution in [-0.2, 0) is 0 Å². The molecule has 0 saturated carbocycles. The largest absolute Gasteiger partial charge is 0.497 e. The quantitative estimate of drug-likeness (QED) is 0.723. The highest BCUT2D eigenvalue weighted by Crippen LogP contribution is 2.36. The molecule has 0 aliphatic carbocycles. The topological polar surface area (TPSA) is 60.7 Å². The van der Waals surface area contributed by atoms with Gasteiger partial charge in [0.05, 0.1) is 30.9 Å². The second-order valence-electron chi connectivity index (χ2n) is 4.47. The number of nitrogens with zero attached hydrogens (tertiary/aromatic N) is 1. The molecule has 2 rings (SSSR count). The van der Waals surface area contributed by atoms with Gasteiger partial charge in [-0.05, 0) is 30.3 Å². The summed E-state index contributed by atoms with van der Waals surface area (Å²) in [6.07, 6.45) is 0. The van der Waals surface area contributed by atoms with E-state index in [1.165, 1.54) is 13.2 Å². The van der Waals surface area contributed by atoms with Crippen molar-refractivity contribution in [1.82, 2.24) is 0 Å². The Morgan fingerprint density at radius 2 is 1.61 bits per heavy atom. The molecule has 0 atom stereocenters. The number of halogens is 1. The highest BCUT2D eigenvalue weighted by atomic mass is 35.5. The van der Waals surface area contributed by atoms with Crippen molar-refractivity contribution < 1.29 is 18.9 Å². The van der Waals surface area contributed by atoms with Crippen LogP contribution in [0.2, 0.25) is 5.02 Å². The van der Waals surface area contributed by atoms with Crippen molar-refractivity contribution in [2.45, 2.75) is 0 Å². The lowest BCUT2D eigenvalue weighted by Crippen LogP contribution is -2.10. The number of hydrogen-bond donors (Lipinski definition) is 0. The summed E-state index contributed by atoms with van der Waals surface area (Å²) in [5.74, 6) is 2.29. The van der Waals surface area contributed by atoms with Crippen molar-refractivity contribution >= 4 is 11.6 Å². The van der Waals surface area contributed by atoms with Crippen LogP contribution >= 0.6 is 11.6 Å². The van der Waals surface area contributed by atoms with Gasteiger partial charge in [0.1, 0.15) is 24.7 Å². The lowest BCUT2D eigenvalue weighted by Gasteiger charge is -2.13. The van der Waals surface area contributed by atoms with Gasteiger partial charge in [-0.15, -0.1) is 0 Å². The van der Waals surface area contributed by atoms with E-state index in [0.717, 1.165) is 5.75 Å². The molecule has 5 nitrogen and oxygen atoms in total. The van der Waals surface area contributed by atoms with E-state index < -0.39 is 0 Å². The van der Waals surface area contributed by atoms with Crippen LogP contribution < -0.4 is 18.9 Å². The lowest BCUT2D eigenvalue weighted by molar-refractivity contribution is 0.211. The molecular formula is C17H16ClNO4. The fourth-order valence-electron chi connectivity index (χ4n) is 1.90. The number of ether oxygens (including phenoxy) is 4. The van der Waals surface area contributed by atoms with Crippen LogP contribution in [0.5, 0.6) is 23.0 Å². The van der Waals surface area contributed by atoms with Crippen molar-refractivity contribution in [2.75, 3.05) is 27.4 Å². The van der Waals surface area contributed by atoms with E-state index in [4.69, 9.17) is 35.8 Å². The van der Waals surface area contributed by atoms with Crippen LogP contribution in [0.15, 0.2) is 36.4 Å². The first-order valence-electron chi connectivity index (χ1n) is 6.85. The van der Waals surface area contributed by atoms with Crippen molar-refractivity contribution in [3.05, 3.63) is 47.0 Å². The SMILES string of the molecule is COc1ccc(OCCOc2c(Cl)cc(C#N)cc2OC)cc1. The predicted molar refractivity (Wildman–Crippen MR) is 86.7 cm³/mol. The van der Waals surface area contributed by atoms with Gasteiger partial charge >= 0.3 is 0 Å². The molecule has 2 aromatic rings. The van der Waals surface area contributed by atoms with Crippen LogP contribution in [0.3, 0.4) is 0 Å². The normalized spacial score (nSPS) is 9.83. The van der Waals surface area contributed by atoms with Crippen molar-refractivity contribution in [3.63, 3.8) is 0 Å². The van der Waals surface area contributed by atoms with Crippen LogP contribution in [0.25, 0.3) is 0 Å². The summed E-state index contributed by atoms with van der Waals surface area (Å²) in [6, 6.07) is 12.4. The zero-order chi connectivity index (χ0) is 16.7. The van der Waals surface area contributed by atoms with Gasteiger partial charge in [0.25, 0.3) is 0 Å². The Morgan fingerprint density at radius 1 is 0.957 bits per heavy atom. The zero-order valence-corrected chi connectivity index (χ0v) is 13.6. The third-order valence-corrected chi connectivity index (χ3v) is 3.30. The molecule has 0 amide bonds. The maximum absolute atomic E-state index is 8.92. The summed E-state index contributed by atoms with van der Waals surface area (Å²) in [5, 5.41) is 9.24. The number of nitriles is 1. The Hall–Kier alpha value is -2.58. The van der Waals surface area contributed by atoms with E-state index in [9.17, 15) is 0 Å². The first kappa shape index (κ1) is 16.8. The summed E-state index contributed by atoms with van der Waals surface area (Å²) in [5.41, 5.74) is 0.411. The highest BCUT2D eigenvalue weighted by Gasteiger charge is 2.12. The van der Waals surface area contributed by atoms with Crippen molar-refractivity contribution in [1.29, 1.82) is 5.26 Å². The van der Waals surface area contributed by atoms with Gasteiger partial charge in [-0.2, -0.15) is 5.26 Å². The second kappa shape index (κ2) is 8.16. The van der Waals surface area contributed by atoms with Crippen LogP contribution in [-0.4, -0.2) is 27.4 Å². The Morgan fingerprint density at radius 3 is 2.22 bits per heavy atom. The Kier molecular flexibility index (Phi) is 5.95. The summed E-state index contributed by atoms with van der Waals surface area (Å²) >= 11 is 6.11. The fraction of sp³-hybridized carbons (Fsp3) is 0.235. The van der Waals surface area contributed by atoms with Crippen LogP contribution in [0.1, 0.15) is 5.56 Å². The summed E-state index contributed by atoms with van der Waals surface area (Å²) in [4.78, 5) is 0. The number of methoxy groups -OCH3 is 2. The first-order chi connectivity index (χ1) is 11.2. The molecule has 0 aliphatic rings. The van der Waals surface area contributed by atoms with Gasteiger partial charge in [0.2, 0.25) is 0 Å². The Bertz CT molecular complexity index is 695. The molecule has 0 fully saturated rings. The molecule has 0 heterocycles. The average Bonchev–Trinajstić information content (AvgIpc) is 2.59. The molecule has 0 unspecified atom stereocenters. The monoisotopic (exact) mass is 333 g/mol. The van der Waals surface area contributed by atoms with E-state index >= 15 is 0 Å². The first-order valence-corrected chi connectivity index (χ1v) is 7.23. The third kappa shape index (κ3) is 4.44. The molecule has 6 heteroatoms. The smallest absolute Gasteiger partial charge is 0.179 e. The molecule has 0 saturated heterocycles. The van der Waals surface area contributed by atoms with Gasteiger partial charge in [0.15, 0.2) is 11.5 Å². The summed E-state index contributed by atoms with van der Waals surface area (Å²) in [6.45, 7) is 0.625. The number of benzene rings is 2. The van der Waals surface area contributed by atoms with Crippen molar-refractivity contribution in [2.24, 2.45) is 0 Å². The van der Waals surface area contributed by atoms with Crippen molar-refractivity contribution in [3.8, 4) is 29.1 Å². The Labute approximate surface area is 139 Å². The zero-order valence-electron chi connectivity index (χ0n) is 12.8. The molecule has 23 heavy (non-hydrogen) atoms. The van der Waals surface area contributed by atoms with Gasteiger partial charge in [-0.3, -0.25) is 0 Å². The van der Waals surface area contributed by atoms with Gasteiger partial charge in [0, 0.05) is 6.07 Å². The van der Waals surface area contributed by atoms with E-state index in [-0.39, 0.29) is 6.61 Å². The second-order valence-corrected chi connectivity index (χ2v) is 4.88. The lowest BCUT2D eigenvalue weighted by atomic mass is 10.2. The predicted octanol–water partition coefficient (Wildman–Crippen LogP) is 3.69. The summed E-state index contributed by atoms with van der Waals surface area (Å²) in [7, 11) is 3.10. The van der Waals surface area contributed by atoms with Gasteiger partial charge in [-0.1, -0.05) is 11.6 Å². The van der Waals surface area contributed by atoms with Crippen LogP contribution in [0, 0.1) is 11.3 Å². The molecule has 120 valence electrons. The number of hydrogen-bond acceptors (Lipinski definition) is 5.